The van der Waals surface area contributed by atoms with Crippen molar-refractivity contribution in [2.45, 2.75) is 32.0 Å². The van der Waals surface area contributed by atoms with Crippen LogP contribution in [0, 0.1) is 18.3 Å². The number of benzene rings is 2. The molecule has 1 radical (unpaired) electrons. The van der Waals surface area contributed by atoms with E-state index in [1.807, 2.05) is 12.1 Å². The standard InChI is InChI=1S/C21H24N2O.Y/c1-16-5-8-19(9-6-16)21(11-4-12-23(2)3)20-10-7-17(14-22)13-18(20)15-24-21;/h5-10,13H,4,11-12,15H2,1-3H3;. The Balaban J connectivity index is 0.00000225. The Morgan fingerprint density at radius 3 is 2.52 bits per heavy atom. The van der Waals surface area contributed by atoms with Gasteiger partial charge in [0.1, 0.15) is 5.60 Å². The fourth-order valence-corrected chi connectivity index (χ4v) is 3.51. The molecule has 1 atom stereocenters. The van der Waals surface area contributed by atoms with E-state index in [1.165, 1.54) is 16.7 Å². The van der Waals surface area contributed by atoms with Crippen LogP contribution in [-0.2, 0) is 49.7 Å². The molecule has 0 aromatic heterocycles. The van der Waals surface area contributed by atoms with Crippen LogP contribution in [0.2, 0.25) is 0 Å². The van der Waals surface area contributed by atoms with Gasteiger partial charge in [-0.25, -0.2) is 0 Å². The van der Waals surface area contributed by atoms with E-state index in [1.54, 1.807) is 0 Å². The predicted octanol–water partition coefficient (Wildman–Crippen LogP) is 3.98. The molecule has 0 aliphatic carbocycles. The maximum Gasteiger partial charge on any atom is 0.119 e. The number of ether oxygens (including phenoxy) is 1. The summed E-state index contributed by atoms with van der Waals surface area (Å²) in [5.74, 6) is 0. The third-order valence-corrected chi connectivity index (χ3v) is 4.80. The van der Waals surface area contributed by atoms with Gasteiger partial charge in [-0.05, 0) is 69.2 Å². The summed E-state index contributed by atoms with van der Waals surface area (Å²) in [6.07, 6.45) is 1.99. The van der Waals surface area contributed by atoms with Crippen LogP contribution in [0.3, 0.4) is 0 Å². The van der Waals surface area contributed by atoms with Crippen LogP contribution >= 0.6 is 0 Å². The summed E-state index contributed by atoms with van der Waals surface area (Å²) in [4.78, 5) is 2.21. The van der Waals surface area contributed by atoms with E-state index in [0.29, 0.717) is 12.2 Å². The second kappa shape index (κ2) is 8.56. The van der Waals surface area contributed by atoms with E-state index in [9.17, 15) is 0 Å². The van der Waals surface area contributed by atoms with Crippen LogP contribution < -0.4 is 0 Å². The zero-order valence-electron chi connectivity index (χ0n) is 15.2. The van der Waals surface area contributed by atoms with E-state index in [2.05, 4.69) is 62.3 Å². The zero-order valence-corrected chi connectivity index (χ0v) is 18.1. The predicted molar refractivity (Wildman–Crippen MR) is 95.7 cm³/mol. The Morgan fingerprint density at radius 2 is 1.88 bits per heavy atom. The summed E-state index contributed by atoms with van der Waals surface area (Å²) in [6, 6.07) is 16.8. The van der Waals surface area contributed by atoms with Gasteiger partial charge in [0.2, 0.25) is 0 Å². The van der Waals surface area contributed by atoms with Crippen LogP contribution in [0.5, 0.6) is 0 Å². The van der Waals surface area contributed by atoms with Crippen LogP contribution in [0.15, 0.2) is 42.5 Å². The molecule has 0 bridgehead atoms. The summed E-state index contributed by atoms with van der Waals surface area (Å²) in [6.45, 7) is 3.70. The Kier molecular flexibility index (Phi) is 6.94. The molecule has 127 valence electrons. The Bertz CT molecular complexity index is 764. The molecule has 0 fully saturated rings. The van der Waals surface area contributed by atoms with Crippen molar-refractivity contribution in [1.82, 2.24) is 4.90 Å². The van der Waals surface area contributed by atoms with Gasteiger partial charge in [0.25, 0.3) is 0 Å². The minimum atomic E-state index is -0.396. The first-order valence-corrected chi connectivity index (χ1v) is 8.44. The molecule has 1 heterocycles. The number of hydrogen-bond acceptors (Lipinski definition) is 3. The van der Waals surface area contributed by atoms with Gasteiger partial charge < -0.3 is 9.64 Å². The number of fused-ring (bicyclic) bond motifs is 1. The number of nitrogens with zero attached hydrogens (tertiary/aromatic N) is 2. The first-order chi connectivity index (χ1) is 11.5. The molecule has 4 heteroatoms. The molecular formula is C21H24N2OY. The smallest absolute Gasteiger partial charge is 0.119 e. The molecule has 1 aliphatic heterocycles. The third-order valence-electron chi connectivity index (χ3n) is 4.80. The quantitative estimate of drug-likeness (QED) is 0.750. The van der Waals surface area contributed by atoms with Crippen molar-refractivity contribution in [2.75, 3.05) is 20.6 Å². The fraction of sp³-hybridized carbons (Fsp3) is 0.381. The average Bonchev–Trinajstić information content (AvgIpc) is 2.94. The summed E-state index contributed by atoms with van der Waals surface area (Å²) in [7, 11) is 4.20. The van der Waals surface area contributed by atoms with Gasteiger partial charge in [0, 0.05) is 32.7 Å². The maximum atomic E-state index is 9.15. The zero-order chi connectivity index (χ0) is 17.2. The number of aryl methyl sites for hydroxylation is 1. The molecule has 25 heavy (non-hydrogen) atoms. The second-order valence-electron chi connectivity index (χ2n) is 6.87. The van der Waals surface area contributed by atoms with Crippen LogP contribution in [0.1, 0.15) is 40.7 Å². The molecule has 0 saturated heterocycles. The van der Waals surface area contributed by atoms with Gasteiger partial charge in [-0.2, -0.15) is 5.26 Å². The molecule has 3 rings (SSSR count). The van der Waals surface area contributed by atoms with E-state index in [4.69, 9.17) is 10.00 Å². The van der Waals surface area contributed by atoms with E-state index >= 15 is 0 Å². The van der Waals surface area contributed by atoms with Crippen molar-refractivity contribution in [2.24, 2.45) is 0 Å². The monoisotopic (exact) mass is 409 g/mol. The molecule has 3 nitrogen and oxygen atoms in total. The van der Waals surface area contributed by atoms with Crippen molar-refractivity contribution in [3.05, 3.63) is 70.3 Å². The van der Waals surface area contributed by atoms with Gasteiger partial charge in [-0.15, -0.1) is 0 Å². The van der Waals surface area contributed by atoms with Crippen LogP contribution in [-0.4, -0.2) is 25.5 Å². The van der Waals surface area contributed by atoms with Gasteiger partial charge in [-0.3, -0.25) is 0 Å². The van der Waals surface area contributed by atoms with E-state index in [0.717, 1.165) is 24.9 Å². The largest absolute Gasteiger partial charge is 0.361 e. The first kappa shape index (κ1) is 20.3. The molecule has 1 aliphatic rings. The van der Waals surface area contributed by atoms with Crippen LogP contribution in [0.4, 0.5) is 0 Å². The molecule has 2 aromatic carbocycles. The maximum absolute atomic E-state index is 9.15. The summed E-state index contributed by atoms with van der Waals surface area (Å²) in [5, 5.41) is 9.15. The minimum Gasteiger partial charge on any atom is -0.361 e. The Morgan fingerprint density at radius 1 is 1.16 bits per heavy atom. The second-order valence-corrected chi connectivity index (χ2v) is 6.87. The third kappa shape index (κ3) is 4.21. The van der Waals surface area contributed by atoms with E-state index < -0.39 is 5.60 Å². The Hall–Kier alpha value is -1.05. The molecule has 1 unspecified atom stereocenters. The van der Waals surface area contributed by atoms with Crippen molar-refractivity contribution in [3.8, 4) is 6.07 Å². The molecular weight excluding hydrogens is 385 g/mol. The molecule has 2 aromatic rings. The van der Waals surface area contributed by atoms with Crippen molar-refractivity contribution in [3.63, 3.8) is 0 Å². The number of nitriles is 1. The fourth-order valence-electron chi connectivity index (χ4n) is 3.51. The van der Waals surface area contributed by atoms with Gasteiger partial charge in [0.15, 0.2) is 0 Å². The van der Waals surface area contributed by atoms with Gasteiger partial charge >= 0.3 is 0 Å². The first-order valence-electron chi connectivity index (χ1n) is 8.44. The average molecular weight is 409 g/mol. The molecule has 0 spiro atoms. The molecule has 0 N–H and O–H groups in total. The molecule has 0 amide bonds. The van der Waals surface area contributed by atoms with Crippen molar-refractivity contribution >= 4 is 0 Å². The normalized spacial score (nSPS) is 18.5. The van der Waals surface area contributed by atoms with Gasteiger partial charge in [-0.1, -0.05) is 35.9 Å². The van der Waals surface area contributed by atoms with E-state index in [-0.39, 0.29) is 32.7 Å². The van der Waals surface area contributed by atoms with Crippen LogP contribution in [0.25, 0.3) is 0 Å². The summed E-state index contributed by atoms with van der Waals surface area (Å²) >= 11 is 0. The summed E-state index contributed by atoms with van der Waals surface area (Å²) in [5.41, 5.74) is 5.11. The van der Waals surface area contributed by atoms with Crippen molar-refractivity contribution < 1.29 is 37.4 Å². The van der Waals surface area contributed by atoms with Gasteiger partial charge in [0.05, 0.1) is 18.2 Å². The minimum absolute atomic E-state index is 0. The molecule has 0 saturated carbocycles. The number of hydrogen-bond donors (Lipinski definition) is 0. The summed E-state index contributed by atoms with van der Waals surface area (Å²) < 4.78 is 6.39. The Labute approximate surface area is 175 Å². The SMILES string of the molecule is Cc1ccc(C2(CCCN(C)C)OCc3cc(C#N)ccc32)cc1.[Y]. The van der Waals surface area contributed by atoms with Crippen molar-refractivity contribution in [1.29, 1.82) is 5.26 Å². The number of rotatable bonds is 5. The topological polar surface area (TPSA) is 36.3 Å².